The number of nitrogens with one attached hydrogen (secondary N) is 1. The number of H-pyrrole nitrogens is 1. The van der Waals surface area contributed by atoms with Crippen LogP contribution in [0.15, 0.2) is 18.3 Å². The largest absolute Gasteiger partial charge is 0.481 e. The Kier molecular flexibility index (Phi) is 2.41. The van der Waals surface area contributed by atoms with Gasteiger partial charge < -0.3 is 10.1 Å². The van der Waals surface area contributed by atoms with Gasteiger partial charge in [0.25, 0.3) is 0 Å². The fraction of sp³-hybridized carbons (Fsp3) is 0.273. The van der Waals surface area contributed by atoms with Crippen molar-refractivity contribution in [2.45, 2.75) is 19.8 Å². The molecule has 0 atom stereocenters. The Morgan fingerprint density at radius 2 is 2.40 bits per heavy atom. The molecule has 0 aliphatic carbocycles. The molecule has 2 rings (SSSR count). The lowest BCUT2D eigenvalue weighted by Gasteiger charge is -1.97. The van der Waals surface area contributed by atoms with Crippen LogP contribution < -0.4 is 0 Å². The molecule has 0 aromatic carbocycles. The van der Waals surface area contributed by atoms with E-state index in [0.29, 0.717) is 6.42 Å². The number of rotatable bonds is 3. The molecule has 78 valence electrons. The molecule has 0 unspecified atom stereocenters. The van der Waals surface area contributed by atoms with E-state index in [0.717, 1.165) is 22.3 Å². The highest BCUT2D eigenvalue weighted by Crippen LogP contribution is 2.20. The molecule has 15 heavy (non-hydrogen) atoms. The van der Waals surface area contributed by atoms with Crippen molar-refractivity contribution in [2.75, 3.05) is 0 Å². The number of carbonyl (C=O) groups is 1. The molecule has 0 spiro atoms. The quantitative estimate of drug-likeness (QED) is 0.802. The Morgan fingerprint density at radius 1 is 1.60 bits per heavy atom. The molecule has 0 fully saturated rings. The average Bonchev–Trinajstić information content (AvgIpc) is 2.50. The van der Waals surface area contributed by atoms with Gasteiger partial charge in [0.1, 0.15) is 0 Å². The van der Waals surface area contributed by atoms with Crippen LogP contribution in [-0.4, -0.2) is 21.0 Å². The van der Waals surface area contributed by atoms with Gasteiger partial charge >= 0.3 is 5.97 Å². The molecular formula is C11H12N2O2. The number of hydrogen-bond acceptors (Lipinski definition) is 2. The molecule has 0 radical (unpaired) electrons. The minimum atomic E-state index is -0.778. The van der Waals surface area contributed by atoms with Gasteiger partial charge in [0.15, 0.2) is 0 Å². The standard InChI is InChI=1S/C11H12N2O2/c1-7-8(4-5-10(14)15)11-9(13-7)3-2-6-12-11/h2-3,6,13H,4-5H2,1H3,(H,14,15). The second kappa shape index (κ2) is 3.73. The van der Waals surface area contributed by atoms with Crippen LogP contribution in [0.4, 0.5) is 0 Å². The van der Waals surface area contributed by atoms with E-state index in [4.69, 9.17) is 5.11 Å². The van der Waals surface area contributed by atoms with E-state index in [-0.39, 0.29) is 6.42 Å². The monoisotopic (exact) mass is 204 g/mol. The number of aryl methyl sites for hydroxylation is 2. The van der Waals surface area contributed by atoms with E-state index < -0.39 is 5.97 Å². The lowest BCUT2D eigenvalue weighted by Crippen LogP contribution is -1.98. The van der Waals surface area contributed by atoms with Gasteiger partial charge in [-0.2, -0.15) is 0 Å². The Morgan fingerprint density at radius 3 is 3.13 bits per heavy atom. The highest BCUT2D eigenvalue weighted by Gasteiger charge is 2.10. The van der Waals surface area contributed by atoms with Crippen molar-refractivity contribution in [1.29, 1.82) is 0 Å². The summed E-state index contributed by atoms with van der Waals surface area (Å²) in [6, 6.07) is 3.80. The Labute approximate surface area is 87.0 Å². The van der Waals surface area contributed by atoms with Crippen molar-refractivity contribution < 1.29 is 9.90 Å². The third-order valence-electron chi connectivity index (χ3n) is 2.46. The van der Waals surface area contributed by atoms with Gasteiger partial charge in [-0.05, 0) is 31.0 Å². The first-order valence-electron chi connectivity index (χ1n) is 4.82. The molecule has 0 saturated heterocycles. The van der Waals surface area contributed by atoms with Crippen molar-refractivity contribution >= 4 is 17.0 Å². The van der Waals surface area contributed by atoms with E-state index in [1.165, 1.54) is 0 Å². The van der Waals surface area contributed by atoms with Crippen LogP contribution in [0, 0.1) is 6.92 Å². The van der Waals surface area contributed by atoms with Crippen molar-refractivity contribution in [3.63, 3.8) is 0 Å². The van der Waals surface area contributed by atoms with Gasteiger partial charge in [0, 0.05) is 18.3 Å². The lowest BCUT2D eigenvalue weighted by molar-refractivity contribution is -0.136. The number of aromatic nitrogens is 2. The number of hydrogen-bond donors (Lipinski definition) is 2. The van der Waals surface area contributed by atoms with E-state index in [1.807, 2.05) is 19.1 Å². The molecule has 2 aromatic rings. The van der Waals surface area contributed by atoms with Crippen LogP contribution in [0.3, 0.4) is 0 Å². The highest BCUT2D eigenvalue weighted by atomic mass is 16.4. The van der Waals surface area contributed by atoms with Gasteiger partial charge in [-0.15, -0.1) is 0 Å². The third-order valence-corrected chi connectivity index (χ3v) is 2.46. The van der Waals surface area contributed by atoms with Crippen LogP contribution in [0.1, 0.15) is 17.7 Å². The molecule has 2 N–H and O–H groups in total. The predicted octanol–water partition coefficient (Wildman–Crippen LogP) is 1.89. The fourth-order valence-corrected chi connectivity index (χ4v) is 1.74. The summed E-state index contributed by atoms with van der Waals surface area (Å²) in [5.74, 6) is -0.778. The average molecular weight is 204 g/mol. The summed E-state index contributed by atoms with van der Waals surface area (Å²) in [5.41, 5.74) is 3.87. The molecule has 0 amide bonds. The number of carboxylic acids is 1. The summed E-state index contributed by atoms with van der Waals surface area (Å²) in [5, 5.41) is 8.64. The van der Waals surface area contributed by atoms with Crippen LogP contribution in [0.2, 0.25) is 0 Å². The van der Waals surface area contributed by atoms with Crippen molar-refractivity contribution in [3.05, 3.63) is 29.6 Å². The minimum absolute atomic E-state index is 0.143. The SMILES string of the molecule is Cc1[nH]c2cccnc2c1CCC(=O)O. The topological polar surface area (TPSA) is 66.0 Å². The molecule has 0 aliphatic heterocycles. The van der Waals surface area contributed by atoms with Crippen molar-refractivity contribution in [3.8, 4) is 0 Å². The number of pyridine rings is 1. The summed E-state index contributed by atoms with van der Waals surface area (Å²) in [7, 11) is 0. The van der Waals surface area contributed by atoms with Gasteiger partial charge in [-0.3, -0.25) is 9.78 Å². The van der Waals surface area contributed by atoms with Crippen LogP contribution in [-0.2, 0) is 11.2 Å². The third kappa shape index (κ3) is 1.83. The highest BCUT2D eigenvalue weighted by molar-refractivity contribution is 5.80. The number of aromatic amines is 1. The second-order valence-corrected chi connectivity index (χ2v) is 3.52. The molecule has 2 aromatic heterocycles. The number of fused-ring (bicyclic) bond motifs is 1. The summed E-state index contributed by atoms with van der Waals surface area (Å²) >= 11 is 0. The Balaban J connectivity index is 2.40. The van der Waals surface area contributed by atoms with Gasteiger partial charge in [-0.1, -0.05) is 0 Å². The maximum Gasteiger partial charge on any atom is 0.303 e. The molecular weight excluding hydrogens is 192 g/mol. The molecule has 2 heterocycles. The van der Waals surface area contributed by atoms with E-state index in [2.05, 4.69) is 9.97 Å². The first-order valence-corrected chi connectivity index (χ1v) is 4.82. The Hall–Kier alpha value is -1.84. The zero-order valence-electron chi connectivity index (χ0n) is 8.45. The molecule has 4 nitrogen and oxygen atoms in total. The summed E-state index contributed by atoms with van der Waals surface area (Å²) < 4.78 is 0. The van der Waals surface area contributed by atoms with Gasteiger partial charge in [0.05, 0.1) is 11.0 Å². The van der Waals surface area contributed by atoms with Crippen LogP contribution in [0.5, 0.6) is 0 Å². The molecule has 0 aliphatic rings. The minimum Gasteiger partial charge on any atom is -0.481 e. The van der Waals surface area contributed by atoms with Gasteiger partial charge in [0.2, 0.25) is 0 Å². The zero-order chi connectivity index (χ0) is 10.8. The zero-order valence-corrected chi connectivity index (χ0v) is 8.45. The van der Waals surface area contributed by atoms with Gasteiger partial charge in [-0.25, -0.2) is 0 Å². The molecule has 4 heteroatoms. The summed E-state index contributed by atoms with van der Waals surface area (Å²) in [6.07, 6.45) is 2.39. The van der Waals surface area contributed by atoms with E-state index in [9.17, 15) is 4.79 Å². The maximum absolute atomic E-state index is 10.5. The summed E-state index contributed by atoms with van der Waals surface area (Å²) in [4.78, 5) is 18.0. The predicted molar refractivity (Wildman–Crippen MR) is 56.8 cm³/mol. The molecule has 0 saturated carbocycles. The maximum atomic E-state index is 10.5. The Bertz CT molecular complexity index is 502. The van der Waals surface area contributed by atoms with E-state index in [1.54, 1.807) is 6.20 Å². The number of aliphatic carboxylic acids is 1. The fourth-order valence-electron chi connectivity index (χ4n) is 1.74. The van der Waals surface area contributed by atoms with Crippen molar-refractivity contribution in [2.24, 2.45) is 0 Å². The van der Waals surface area contributed by atoms with E-state index >= 15 is 0 Å². The first kappa shape index (κ1) is 9.71. The lowest BCUT2D eigenvalue weighted by atomic mass is 10.1. The first-order chi connectivity index (χ1) is 7.18. The smallest absolute Gasteiger partial charge is 0.303 e. The second-order valence-electron chi connectivity index (χ2n) is 3.52. The molecule has 0 bridgehead atoms. The normalized spacial score (nSPS) is 10.7. The van der Waals surface area contributed by atoms with Crippen molar-refractivity contribution in [1.82, 2.24) is 9.97 Å². The summed E-state index contributed by atoms with van der Waals surface area (Å²) in [6.45, 7) is 1.94. The number of carboxylic acid groups (broad SMARTS) is 1. The number of nitrogens with zero attached hydrogens (tertiary/aromatic N) is 1. The van der Waals surface area contributed by atoms with Crippen LogP contribution >= 0.6 is 0 Å². The van der Waals surface area contributed by atoms with Crippen LogP contribution in [0.25, 0.3) is 11.0 Å².